The number of likely N-dealkylation sites (tertiary alicyclic amines) is 1. The number of ether oxygens (including phenoxy) is 2. The van der Waals surface area contributed by atoms with E-state index in [-0.39, 0.29) is 11.9 Å². The van der Waals surface area contributed by atoms with E-state index in [4.69, 9.17) is 9.47 Å². The first-order valence-electron chi connectivity index (χ1n) is 8.88. The Kier molecular flexibility index (Phi) is 4.64. The van der Waals surface area contributed by atoms with Crippen molar-refractivity contribution in [1.82, 2.24) is 10.2 Å². The largest absolute Gasteiger partial charge is 0.347 e. The second-order valence-corrected chi connectivity index (χ2v) is 7.41. The maximum Gasteiger partial charge on any atom is 0.317 e. The van der Waals surface area contributed by atoms with E-state index >= 15 is 0 Å². The lowest BCUT2D eigenvalue weighted by Crippen LogP contribution is -2.52. The van der Waals surface area contributed by atoms with Crippen molar-refractivity contribution >= 4 is 6.03 Å². The molecule has 0 radical (unpaired) electrons. The van der Waals surface area contributed by atoms with Crippen molar-refractivity contribution in [2.75, 3.05) is 32.8 Å². The molecule has 0 bridgehead atoms. The number of carbonyl (C=O) groups excluding carboxylic acids is 1. The minimum Gasteiger partial charge on any atom is -0.347 e. The minimum atomic E-state index is -0.501. The number of nitrogens with one attached hydrogen (secondary N) is 1. The first kappa shape index (κ1) is 16.1. The third-order valence-corrected chi connectivity index (χ3v) is 5.66. The number of urea groups is 1. The van der Waals surface area contributed by atoms with E-state index < -0.39 is 5.79 Å². The normalized spacial score (nSPS) is 29.4. The minimum absolute atomic E-state index is 0.0914. The van der Waals surface area contributed by atoms with E-state index in [9.17, 15) is 4.79 Å². The van der Waals surface area contributed by atoms with Crippen LogP contribution in [0, 0.1) is 11.3 Å². The summed E-state index contributed by atoms with van der Waals surface area (Å²) < 4.78 is 11.6. The van der Waals surface area contributed by atoms with E-state index in [2.05, 4.69) is 12.2 Å². The molecular weight excluding hydrogens is 280 g/mol. The quantitative estimate of drug-likeness (QED) is 0.849. The molecule has 2 heterocycles. The van der Waals surface area contributed by atoms with Gasteiger partial charge in [0.05, 0.1) is 13.2 Å². The molecule has 0 aromatic carbocycles. The average Bonchev–Trinajstić information content (AvgIpc) is 3.16. The molecular formula is C17H30N2O3. The van der Waals surface area contributed by atoms with E-state index in [0.717, 1.165) is 32.5 Å². The molecule has 5 nitrogen and oxygen atoms in total. The summed E-state index contributed by atoms with van der Waals surface area (Å²) in [7, 11) is 0. The lowest BCUT2D eigenvalue weighted by molar-refractivity contribution is -0.189. The molecule has 22 heavy (non-hydrogen) atoms. The summed E-state index contributed by atoms with van der Waals surface area (Å²) in [6.07, 6.45) is 7.07. The molecule has 0 aromatic heterocycles. The van der Waals surface area contributed by atoms with Crippen molar-refractivity contribution in [3.8, 4) is 0 Å². The molecule has 2 saturated heterocycles. The molecule has 1 N–H and O–H groups in total. The van der Waals surface area contributed by atoms with Crippen LogP contribution < -0.4 is 5.32 Å². The lowest BCUT2D eigenvalue weighted by Gasteiger charge is -2.40. The summed E-state index contributed by atoms with van der Waals surface area (Å²) in [4.78, 5) is 14.4. The van der Waals surface area contributed by atoms with Gasteiger partial charge in [0, 0.05) is 25.6 Å². The number of piperidine rings is 1. The Hall–Kier alpha value is -0.810. The molecule has 3 rings (SSSR count). The van der Waals surface area contributed by atoms with Gasteiger partial charge in [0.25, 0.3) is 0 Å². The maximum absolute atomic E-state index is 12.5. The van der Waals surface area contributed by atoms with Gasteiger partial charge in [0.1, 0.15) is 0 Å². The Morgan fingerprint density at radius 2 is 2.05 bits per heavy atom. The molecule has 3 aliphatic rings. The van der Waals surface area contributed by atoms with Gasteiger partial charge < -0.3 is 19.7 Å². The van der Waals surface area contributed by atoms with Gasteiger partial charge in [-0.25, -0.2) is 4.79 Å². The summed E-state index contributed by atoms with van der Waals surface area (Å²) in [5.74, 6) is -0.223. The van der Waals surface area contributed by atoms with Crippen LogP contribution in [0.2, 0.25) is 0 Å². The fourth-order valence-corrected chi connectivity index (χ4v) is 3.95. The Balaban J connectivity index is 1.50. The zero-order chi connectivity index (χ0) is 15.6. The van der Waals surface area contributed by atoms with Gasteiger partial charge in [0.2, 0.25) is 0 Å². The second-order valence-electron chi connectivity index (χ2n) is 7.41. The molecule has 1 atom stereocenters. The number of rotatable bonds is 5. The Morgan fingerprint density at radius 3 is 2.68 bits per heavy atom. The molecule has 3 fully saturated rings. The number of hydrogen-bond acceptors (Lipinski definition) is 3. The van der Waals surface area contributed by atoms with Crippen molar-refractivity contribution in [2.24, 2.45) is 11.3 Å². The highest BCUT2D eigenvalue weighted by molar-refractivity contribution is 5.74. The molecule has 1 aliphatic carbocycles. The Morgan fingerprint density at radius 1 is 1.32 bits per heavy atom. The van der Waals surface area contributed by atoms with Crippen molar-refractivity contribution < 1.29 is 14.3 Å². The second kappa shape index (κ2) is 6.36. The average molecular weight is 310 g/mol. The van der Waals surface area contributed by atoms with Crippen molar-refractivity contribution in [3.05, 3.63) is 0 Å². The zero-order valence-electron chi connectivity index (χ0n) is 14.0. The van der Waals surface area contributed by atoms with Crippen LogP contribution in [-0.4, -0.2) is 49.6 Å². The number of carbonyl (C=O) groups is 1. The predicted octanol–water partition coefficient (Wildman–Crippen LogP) is 2.75. The summed E-state index contributed by atoms with van der Waals surface area (Å²) in [5, 5.41) is 3.17. The monoisotopic (exact) mass is 310 g/mol. The smallest absolute Gasteiger partial charge is 0.317 e. The number of nitrogens with zero attached hydrogens (tertiary/aromatic N) is 1. The Labute approximate surface area is 133 Å². The third kappa shape index (κ3) is 3.40. The highest BCUT2D eigenvalue weighted by Gasteiger charge is 2.44. The first-order valence-corrected chi connectivity index (χ1v) is 8.88. The van der Waals surface area contributed by atoms with Gasteiger partial charge >= 0.3 is 6.03 Å². The predicted molar refractivity (Wildman–Crippen MR) is 84.6 cm³/mol. The lowest BCUT2D eigenvalue weighted by atomic mass is 9.90. The Bertz CT molecular complexity index is 403. The van der Waals surface area contributed by atoms with Crippen LogP contribution in [0.4, 0.5) is 4.79 Å². The first-order chi connectivity index (χ1) is 10.6. The molecule has 5 heteroatoms. The van der Waals surface area contributed by atoms with Gasteiger partial charge in [-0.1, -0.05) is 13.3 Å². The third-order valence-electron chi connectivity index (χ3n) is 5.66. The van der Waals surface area contributed by atoms with Crippen LogP contribution in [0.15, 0.2) is 0 Å². The van der Waals surface area contributed by atoms with Crippen LogP contribution in [-0.2, 0) is 9.47 Å². The maximum atomic E-state index is 12.5. The molecule has 0 aromatic rings. The van der Waals surface area contributed by atoms with Crippen LogP contribution in [0.5, 0.6) is 0 Å². The van der Waals surface area contributed by atoms with Crippen LogP contribution in [0.25, 0.3) is 0 Å². The fourth-order valence-electron chi connectivity index (χ4n) is 3.95. The number of amides is 2. The highest BCUT2D eigenvalue weighted by Crippen LogP contribution is 2.49. The summed E-state index contributed by atoms with van der Waals surface area (Å²) in [6, 6.07) is 0.0914. The SMILES string of the molecule is CCCC1(CNC(=O)N2CCC[C@H](C3(C)OCCO3)C2)CC1. The van der Waals surface area contributed by atoms with Gasteiger partial charge in [-0.05, 0) is 44.4 Å². The van der Waals surface area contributed by atoms with E-state index in [1.807, 2.05) is 11.8 Å². The summed E-state index contributed by atoms with van der Waals surface area (Å²) in [5.41, 5.74) is 0.406. The molecule has 1 saturated carbocycles. The highest BCUT2D eigenvalue weighted by atomic mass is 16.7. The van der Waals surface area contributed by atoms with Crippen LogP contribution in [0.1, 0.15) is 52.4 Å². The van der Waals surface area contributed by atoms with Gasteiger partial charge in [0.15, 0.2) is 5.79 Å². The van der Waals surface area contributed by atoms with Crippen LogP contribution >= 0.6 is 0 Å². The van der Waals surface area contributed by atoms with Gasteiger partial charge in [-0.15, -0.1) is 0 Å². The van der Waals surface area contributed by atoms with Gasteiger partial charge in [-0.3, -0.25) is 0 Å². The van der Waals surface area contributed by atoms with Gasteiger partial charge in [-0.2, -0.15) is 0 Å². The van der Waals surface area contributed by atoms with Crippen molar-refractivity contribution in [2.45, 2.75) is 58.2 Å². The fraction of sp³-hybridized carbons (Fsp3) is 0.941. The molecule has 0 unspecified atom stereocenters. The van der Waals surface area contributed by atoms with E-state index in [1.54, 1.807) is 0 Å². The molecule has 126 valence electrons. The molecule has 0 spiro atoms. The zero-order valence-corrected chi connectivity index (χ0v) is 14.0. The van der Waals surface area contributed by atoms with E-state index in [1.165, 1.54) is 25.7 Å². The van der Waals surface area contributed by atoms with Crippen molar-refractivity contribution in [1.29, 1.82) is 0 Å². The topological polar surface area (TPSA) is 50.8 Å². The van der Waals surface area contributed by atoms with Crippen molar-refractivity contribution in [3.63, 3.8) is 0 Å². The standard InChI is InChI=1S/C17H30N2O3/c1-3-6-17(7-8-17)13-18-15(20)19-9-4-5-14(12-19)16(2)21-10-11-22-16/h14H,3-13H2,1-2H3,(H,18,20)/t14-/m0/s1. The summed E-state index contributed by atoms with van der Waals surface area (Å²) in [6.45, 7) is 8.00. The number of hydrogen-bond donors (Lipinski definition) is 1. The van der Waals surface area contributed by atoms with E-state index in [0.29, 0.717) is 18.6 Å². The molecule has 2 aliphatic heterocycles. The van der Waals surface area contributed by atoms with Crippen LogP contribution in [0.3, 0.4) is 0 Å². The molecule has 2 amide bonds. The summed E-state index contributed by atoms with van der Waals surface area (Å²) >= 11 is 0.